The molecule has 2 aliphatic carbocycles. The van der Waals surface area contributed by atoms with E-state index in [1.165, 1.54) is 36.8 Å². The van der Waals surface area contributed by atoms with Crippen molar-refractivity contribution in [3.63, 3.8) is 0 Å². The van der Waals surface area contributed by atoms with E-state index in [9.17, 15) is 0 Å². The summed E-state index contributed by atoms with van der Waals surface area (Å²) >= 11 is 0. The third-order valence-electron chi connectivity index (χ3n) is 4.28. The van der Waals surface area contributed by atoms with Crippen molar-refractivity contribution < 1.29 is 0 Å². The molecular weight excluding hydrogens is 288 g/mol. The molecule has 0 spiro atoms. The molecule has 2 aliphatic rings. The van der Waals surface area contributed by atoms with Gasteiger partial charge in [-0.15, -0.1) is 0 Å². The third-order valence-corrected chi connectivity index (χ3v) is 4.28. The Kier molecular flexibility index (Phi) is 15.4. The Morgan fingerprint density at radius 1 is 1.08 bits per heavy atom. The van der Waals surface area contributed by atoms with Crippen molar-refractivity contribution in [1.29, 1.82) is 0 Å². The van der Waals surface area contributed by atoms with E-state index < -0.39 is 0 Å². The highest BCUT2D eigenvalue weighted by Gasteiger charge is 2.38. The average molecular weight is 329 g/mol. The normalized spacial score (nSPS) is 18.4. The minimum Gasteiger partial charge on any atom is -0.0991 e. The predicted octanol–water partition coefficient (Wildman–Crippen LogP) is 8.37. The van der Waals surface area contributed by atoms with E-state index >= 15 is 0 Å². The van der Waals surface area contributed by atoms with Crippen molar-refractivity contribution in [2.24, 2.45) is 5.41 Å². The third kappa shape index (κ3) is 6.51. The van der Waals surface area contributed by atoms with Crippen molar-refractivity contribution in [2.75, 3.05) is 0 Å². The molecule has 0 heterocycles. The maximum atomic E-state index is 3.79. The summed E-state index contributed by atoms with van der Waals surface area (Å²) < 4.78 is 0. The second-order valence-electron chi connectivity index (χ2n) is 5.31. The molecule has 0 atom stereocenters. The molecule has 0 amide bonds. The van der Waals surface area contributed by atoms with Gasteiger partial charge < -0.3 is 0 Å². The molecule has 0 bridgehead atoms. The van der Waals surface area contributed by atoms with E-state index in [1.54, 1.807) is 0 Å². The Bertz CT molecular complexity index is 460. The molecule has 1 fully saturated rings. The summed E-state index contributed by atoms with van der Waals surface area (Å²) in [6.45, 7) is 13.9. The molecule has 0 aromatic rings. The van der Waals surface area contributed by atoms with Gasteiger partial charge in [-0.1, -0.05) is 109 Å². The molecule has 0 aromatic heterocycles. The van der Waals surface area contributed by atoms with Crippen LogP contribution in [0.3, 0.4) is 0 Å². The van der Waals surface area contributed by atoms with Crippen molar-refractivity contribution in [1.82, 2.24) is 0 Å². The summed E-state index contributed by atoms with van der Waals surface area (Å²) in [7, 11) is 0. The van der Waals surface area contributed by atoms with Crippen LogP contribution in [0.25, 0.3) is 0 Å². The molecule has 136 valence electrons. The van der Waals surface area contributed by atoms with Crippen LogP contribution in [0.2, 0.25) is 0 Å². The average Bonchev–Trinajstić information content (AvgIpc) is 2.95. The van der Waals surface area contributed by atoms with Crippen LogP contribution in [0, 0.1) is 5.41 Å². The lowest BCUT2D eigenvalue weighted by molar-refractivity contribution is 0.465. The zero-order valence-electron chi connectivity index (χ0n) is 15.9. The quantitative estimate of drug-likeness (QED) is 0.455. The number of allylic oxidation sites excluding steroid dienone is 11. The van der Waals surface area contributed by atoms with Gasteiger partial charge in [0.2, 0.25) is 0 Å². The van der Waals surface area contributed by atoms with E-state index in [2.05, 4.69) is 62.1 Å². The summed E-state index contributed by atoms with van der Waals surface area (Å²) in [5, 5.41) is 0. The molecule has 24 heavy (non-hydrogen) atoms. The minimum absolute atomic E-state index is 0. The molecule has 0 nitrogen and oxygen atoms in total. The monoisotopic (exact) mass is 328 g/mol. The zero-order chi connectivity index (χ0) is 17.6. The SMILES string of the molecule is C.C=C/C=C\C(=C/C)C1(C2=CCC=CC=C2)CCCC1.CC.CC. The van der Waals surface area contributed by atoms with Crippen LogP contribution >= 0.6 is 0 Å². The Morgan fingerprint density at radius 3 is 2.25 bits per heavy atom. The van der Waals surface area contributed by atoms with E-state index in [0.29, 0.717) is 0 Å². The fraction of sp³-hybridized carbons (Fsp3) is 0.500. The van der Waals surface area contributed by atoms with Crippen LogP contribution in [0.4, 0.5) is 0 Å². The van der Waals surface area contributed by atoms with Crippen LogP contribution < -0.4 is 0 Å². The second kappa shape index (κ2) is 15.0. The fourth-order valence-corrected chi connectivity index (χ4v) is 3.36. The Morgan fingerprint density at radius 2 is 1.71 bits per heavy atom. The molecule has 2 rings (SSSR count). The van der Waals surface area contributed by atoms with Gasteiger partial charge in [0.1, 0.15) is 0 Å². The molecular formula is C24H40. The predicted molar refractivity (Wildman–Crippen MR) is 114 cm³/mol. The Balaban J connectivity index is 0. The summed E-state index contributed by atoms with van der Waals surface area (Å²) in [5.74, 6) is 0. The van der Waals surface area contributed by atoms with Gasteiger partial charge in [0.25, 0.3) is 0 Å². The first-order valence-electron chi connectivity index (χ1n) is 9.33. The molecule has 0 aromatic carbocycles. The highest BCUT2D eigenvalue weighted by Crippen LogP contribution is 2.51. The van der Waals surface area contributed by atoms with Gasteiger partial charge in [-0.25, -0.2) is 0 Å². The summed E-state index contributed by atoms with van der Waals surface area (Å²) in [6.07, 6.45) is 26.0. The van der Waals surface area contributed by atoms with Crippen molar-refractivity contribution in [3.05, 3.63) is 72.4 Å². The van der Waals surface area contributed by atoms with E-state index in [1.807, 2.05) is 33.8 Å². The standard InChI is InChI=1S/C19H24.2C2H6.CH4/c1-3-5-12-17(4-2)19(15-10-11-16-19)18-13-8-6-7-9-14-18;2*1-2;/h3-8,12-14H,1,9-11,15-16H2,2H3;2*1-2H3;1H4/b12-5-,17-4+;;;. The van der Waals surface area contributed by atoms with Crippen LogP contribution in [0.15, 0.2) is 72.4 Å². The minimum atomic E-state index is 0. The van der Waals surface area contributed by atoms with Crippen LogP contribution in [-0.4, -0.2) is 0 Å². The molecule has 0 saturated heterocycles. The van der Waals surface area contributed by atoms with Gasteiger partial charge in [0.05, 0.1) is 0 Å². The van der Waals surface area contributed by atoms with E-state index in [-0.39, 0.29) is 12.8 Å². The fourth-order valence-electron chi connectivity index (χ4n) is 3.36. The first-order chi connectivity index (χ1) is 11.3. The molecule has 0 radical (unpaired) electrons. The number of rotatable bonds is 4. The van der Waals surface area contributed by atoms with Gasteiger partial charge in [0, 0.05) is 5.41 Å². The Hall–Kier alpha value is -1.56. The highest BCUT2D eigenvalue weighted by molar-refractivity contribution is 5.44. The maximum absolute atomic E-state index is 3.79. The number of hydrogen-bond acceptors (Lipinski definition) is 0. The maximum Gasteiger partial charge on any atom is 0.0196 e. The molecule has 0 heteroatoms. The largest absolute Gasteiger partial charge is 0.0991 e. The van der Waals surface area contributed by atoms with Gasteiger partial charge in [-0.2, -0.15) is 0 Å². The van der Waals surface area contributed by atoms with Crippen LogP contribution in [0.5, 0.6) is 0 Å². The van der Waals surface area contributed by atoms with E-state index in [0.717, 1.165) is 6.42 Å². The Labute approximate surface area is 152 Å². The summed E-state index contributed by atoms with van der Waals surface area (Å²) in [6, 6.07) is 0. The second-order valence-corrected chi connectivity index (χ2v) is 5.31. The highest BCUT2D eigenvalue weighted by atomic mass is 14.4. The zero-order valence-corrected chi connectivity index (χ0v) is 15.9. The lowest BCUT2D eigenvalue weighted by Crippen LogP contribution is -2.20. The van der Waals surface area contributed by atoms with Crippen LogP contribution in [-0.2, 0) is 0 Å². The molecule has 1 saturated carbocycles. The van der Waals surface area contributed by atoms with Crippen molar-refractivity contribution >= 4 is 0 Å². The van der Waals surface area contributed by atoms with Gasteiger partial charge in [-0.05, 0) is 37.3 Å². The first kappa shape index (κ1) is 24.7. The topological polar surface area (TPSA) is 0 Å². The smallest absolute Gasteiger partial charge is 0.0196 e. The summed E-state index contributed by atoms with van der Waals surface area (Å²) in [5.41, 5.74) is 3.18. The molecule has 0 N–H and O–H groups in total. The lowest BCUT2D eigenvalue weighted by atomic mass is 9.71. The van der Waals surface area contributed by atoms with Gasteiger partial charge in [0.15, 0.2) is 0 Å². The van der Waals surface area contributed by atoms with E-state index in [4.69, 9.17) is 0 Å². The first-order valence-corrected chi connectivity index (χ1v) is 9.33. The molecule has 0 aliphatic heterocycles. The number of hydrogen-bond donors (Lipinski definition) is 0. The van der Waals surface area contributed by atoms with Crippen molar-refractivity contribution in [3.8, 4) is 0 Å². The van der Waals surface area contributed by atoms with Gasteiger partial charge >= 0.3 is 0 Å². The van der Waals surface area contributed by atoms with Gasteiger partial charge in [-0.3, -0.25) is 0 Å². The molecule has 0 unspecified atom stereocenters. The van der Waals surface area contributed by atoms with Crippen LogP contribution in [0.1, 0.15) is 74.1 Å². The van der Waals surface area contributed by atoms with Crippen molar-refractivity contribution in [2.45, 2.75) is 74.1 Å². The lowest BCUT2D eigenvalue weighted by Gasteiger charge is -2.32. The summed E-state index contributed by atoms with van der Waals surface area (Å²) in [4.78, 5) is 0.